The van der Waals surface area contributed by atoms with E-state index in [1.807, 2.05) is 0 Å². The van der Waals surface area contributed by atoms with E-state index < -0.39 is 16.8 Å². The molecular weight excluding hydrogens is 272 g/mol. The number of nitro groups is 1. The first kappa shape index (κ1) is 13.4. The number of non-ortho nitro benzene ring substituents is 1. The van der Waals surface area contributed by atoms with Gasteiger partial charge >= 0.3 is 5.97 Å². The van der Waals surface area contributed by atoms with E-state index in [1.54, 1.807) is 13.1 Å². The third kappa shape index (κ3) is 2.39. The predicted octanol–water partition coefficient (Wildman–Crippen LogP) is 2.99. The molecule has 100 valence electrons. The normalized spacial score (nSPS) is 12.5. The SMILES string of the molecule is CC(Cc1c[nH]c2c([N+](=O)[O-])ccc(Cl)c12)C(=O)O. The van der Waals surface area contributed by atoms with Gasteiger partial charge in [0.1, 0.15) is 5.52 Å². The van der Waals surface area contributed by atoms with Crippen molar-refractivity contribution >= 4 is 34.2 Å². The quantitative estimate of drug-likeness (QED) is 0.665. The molecule has 6 nitrogen and oxygen atoms in total. The van der Waals surface area contributed by atoms with Crippen LogP contribution in [0.25, 0.3) is 10.9 Å². The average Bonchev–Trinajstić information content (AvgIpc) is 2.73. The first-order valence-electron chi connectivity index (χ1n) is 5.57. The summed E-state index contributed by atoms with van der Waals surface area (Å²) < 4.78 is 0. The maximum Gasteiger partial charge on any atom is 0.306 e. The van der Waals surface area contributed by atoms with Gasteiger partial charge in [0.15, 0.2) is 0 Å². The third-order valence-corrected chi connectivity index (χ3v) is 3.30. The Bertz CT molecular complexity index is 665. The van der Waals surface area contributed by atoms with Crippen molar-refractivity contribution in [1.29, 1.82) is 0 Å². The van der Waals surface area contributed by atoms with Gasteiger partial charge in [-0.2, -0.15) is 0 Å². The second-order valence-corrected chi connectivity index (χ2v) is 4.74. The van der Waals surface area contributed by atoms with Crippen LogP contribution in [0.3, 0.4) is 0 Å². The van der Waals surface area contributed by atoms with Gasteiger partial charge in [0.2, 0.25) is 0 Å². The summed E-state index contributed by atoms with van der Waals surface area (Å²) in [6.45, 7) is 1.58. The smallest absolute Gasteiger partial charge is 0.306 e. The second-order valence-electron chi connectivity index (χ2n) is 4.33. The number of rotatable bonds is 4. The van der Waals surface area contributed by atoms with Crippen molar-refractivity contribution in [2.24, 2.45) is 5.92 Å². The van der Waals surface area contributed by atoms with Crippen molar-refractivity contribution in [1.82, 2.24) is 4.98 Å². The van der Waals surface area contributed by atoms with Crippen molar-refractivity contribution < 1.29 is 14.8 Å². The summed E-state index contributed by atoms with van der Waals surface area (Å²) >= 11 is 6.05. The fourth-order valence-corrected chi connectivity index (χ4v) is 2.27. The molecule has 1 atom stereocenters. The summed E-state index contributed by atoms with van der Waals surface area (Å²) in [6, 6.07) is 2.77. The van der Waals surface area contributed by atoms with Crippen LogP contribution in [0.2, 0.25) is 5.02 Å². The molecule has 2 rings (SSSR count). The molecule has 7 heteroatoms. The summed E-state index contributed by atoms with van der Waals surface area (Å²) in [4.78, 5) is 24.1. The van der Waals surface area contributed by atoms with Gasteiger partial charge in [0.25, 0.3) is 5.69 Å². The molecule has 1 aromatic carbocycles. The third-order valence-electron chi connectivity index (χ3n) is 2.99. The Labute approximate surface area is 113 Å². The number of hydrogen-bond acceptors (Lipinski definition) is 3. The van der Waals surface area contributed by atoms with E-state index in [1.165, 1.54) is 12.1 Å². The number of aromatic amines is 1. The van der Waals surface area contributed by atoms with Gasteiger partial charge in [0.05, 0.1) is 15.9 Å². The minimum atomic E-state index is -0.920. The van der Waals surface area contributed by atoms with Crippen LogP contribution in [0.15, 0.2) is 18.3 Å². The number of aliphatic carboxylic acids is 1. The van der Waals surface area contributed by atoms with E-state index in [9.17, 15) is 14.9 Å². The van der Waals surface area contributed by atoms with Crippen LogP contribution >= 0.6 is 11.6 Å². The number of benzene rings is 1. The molecule has 2 N–H and O–H groups in total. The number of nitrogens with zero attached hydrogens (tertiary/aromatic N) is 1. The Hall–Kier alpha value is -2.08. The van der Waals surface area contributed by atoms with Crippen molar-refractivity contribution in [3.63, 3.8) is 0 Å². The predicted molar refractivity (Wildman–Crippen MR) is 70.5 cm³/mol. The zero-order valence-electron chi connectivity index (χ0n) is 10.0. The van der Waals surface area contributed by atoms with E-state index in [4.69, 9.17) is 16.7 Å². The topological polar surface area (TPSA) is 96.2 Å². The molecule has 19 heavy (non-hydrogen) atoms. The van der Waals surface area contributed by atoms with Gasteiger partial charge in [-0.25, -0.2) is 0 Å². The maximum absolute atomic E-state index is 10.9. The first-order valence-corrected chi connectivity index (χ1v) is 5.95. The molecule has 0 aliphatic carbocycles. The highest BCUT2D eigenvalue weighted by atomic mass is 35.5. The molecule has 0 amide bonds. The minimum Gasteiger partial charge on any atom is -0.481 e. The molecule has 2 aromatic rings. The average molecular weight is 283 g/mol. The largest absolute Gasteiger partial charge is 0.481 e. The van der Waals surface area contributed by atoms with E-state index in [2.05, 4.69) is 4.98 Å². The number of aromatic nitrogens is 1. The molecule has 0 aliphatic rings. The standard InChI is InChI=1S/C12H11ClN2O4/c1-6(12(16)17)4-7-5-14-11-9(15(18)19)3-2-8(13)10(7)11/h2-3,5-6,14H,4H2,1H3,(H,16,17). The monoisotopic (exact) mass is 282 g/mol. The highest BCUT2D eigenvalue weighted by Gasteiger charge is 2.20. The summed E-state index contributed by atoms with van der Waals surface area (Å²) in [5, 5.41) is 20.7. The summed E-state index contributed by atoms with van der Waals surface area (Å²) in [6.07, 6.45) is 1.83. The summed E-state index contributed by atoms with van der Waals surface area (Å²) in [7, 11) is 0. The lowest BCUT2D eigenvalue weighted by Gasteiger charge is -2.05. The molecule has 1 unspecified atom stereocenters. The van der Waals surface area contributed by atoms with Crippen LogP contribution in [-0.2, 0) is 11.2 Å². The number of nitrogens with one attached hydrogen (secondary N) is 1. The van der Waals surface area contributed by atoms with E-state index in [-0.39, 0.29) is 12.1 Å². The Morgan fingerprint density at radius 1 is 1.58 bits per heavy atom. The highest BCUT2D eigenvalue weighted by molar-refractivity contribution is 6.36. The minimum absolute atomic E-state index is 0.0753. The van der Waals surface area contributed by atoms with Crippen LogP contribution < -0.4 is 0 Å². The molecule has 1 aromatic heterocycles. The molecular formula is C12H11ClN2O4. The highest BCUT2D eigenvalue weighted by Crippen LogP contribution is 2.34. The van der Waals surface area contributed by atoms with Crippen LogP contribution in [-0.4, -0.2) is 21.0 Å². The lowest BCUT2D eigenvalue weighted by Crippen LogP contribution is -2.11. The lowest BCUT2D eigenvalue weighted by molar-refractivity contribution is -0.383. The number of H-pyrrole nitrogens is 1. The Kier molecular flexibility index (Phi) is 3.44. The van der Waals surface area contributed by atoms with Crippen LogP contribution in [0.5, 0.6) is 0 Å². The van der Waals surface area contributed by atoms with Crippen LogP contribution in [0.1, 0.15) is 12.5 Å². The van der Waals surface area contributed by atoms with Gasteiger partial charge in [-0.1, -0.05) is 18.5 Å². The molecule has 0 bridgehead atoms. The van der Waals surface area contributed by atoms with Crippen molar-refractivity contribution in [3.05, 3.63) is 39.0 Å². The molecule has 0 saturated heterocycles. The van der Waals surface area contributed by atoms with Gasteiger partial charge in [-0.15, -0.1) is 0 Å². The van der Waals surface area contributed by atoms with Gasteiger partial charge in [0, 0.05) is 17.6 Å². The van der Waals surface area contributed by atoms with E-state index in [0.29, 0.717) is 21.5 Å². The number of fused-ring (bicyclic) bond motifs is 1. The summed E-state index contributed by atoms with van der Waals surface area (Å²) in [5.74, 6) is -1.51. The molecule has 0 fully saturated rings. The van der Waals surface area contributed by atoms with Gasteiger partial charge in [-0.3, -0.25) is 14.9 Å². The van der Waals surface area contributed by atoms with Crippen LogP contribution in [0.4, 0.5) is 5.69 Å². The van der Waals surface area contributed by atoms with Crippen LogP contribution in [0, 0.1) is 16.0 Å². The van der Waals surface area contributed by atoms with Crippen molar-refractivity contribution in [3.8, 4) is 0 Å². The summed E-state index contributed by atoms with van der Waals surface area (Å²) in [5.41, 5.74) is 0.914. The molecule has 0 saturated carbocycles. The molecule has 0 aliphatic heterocycles. The number of hydrogen-bond donors (Lipinski definition) is 2. The van der Waals surface area contributed by atoms with Gasteiger partial charge in [-0.05, 0) is 18.1 Å². The Morgan fingerprint density at radius 3 is 2.84 bits per heavy atom. The zero-order chi connectivity index (χ0) is 14.2. The molecule has 1 heterocycles. The first-order chi connectivity index (χ1) is 8.91. The Morgan fingerprint density at radius 2 is 2.26 bits per heavy atom. The van der Waals surface area contributed by atoms with Crippen molar-refractivity contribution in [2.75, 3.05) is 0 Å². The number of carboxylic acid groups (broad SMARTS) is 1. The number of halogens is 1. The van der Waals surface area contributed by atoms with E-state index >= 15 is 0 Å². The van der Waals surface area contributed by atoms with Crippen molar-refractivity contribution in [2.45, 2.75) is 13.3 Å². The number of carboxylic acids is 1. The molecule has 0 radical (unpaired) electrons. The maximum atomic E-state index is 10.9. The fraction of sp³-hybridized carbons (Fsp3) is 0.250. The fourth-order valence-electron chi connectivity index (χ4n) is 1.99. The zero-order valence-corrected chi connectivity index (χ0v) is 10.8. The second kappa shape index (κ2) is 4.89. The number of carbonyl (C=O) groups is 1. The van der Waals surface area contributed by atoms with E-state index in [0.717, 1.165) is 0 Å². The number of nitro benzene ring substituents is 1. The molecule has 0 spiro atoms. The van der Waals surface area contributed by atoms with Gasteiger partial charge < -0.3 is 10.1 Å². The Balaban J connectivity index is 2.56. The lowest BCUT2D eigenvalue weighted by atomic mass is 10.0.